The molecule has 1 heterocycles. The van der Waals surface area contributed by atoms with Crippen LogP contribution < -0.4 is 4.74 Å². The topological polar surface area (TPSA) is 70.2 Å². The molecule has 7 heteroatoms. The van der Waals surface area contributed by atoms with Crippen molar-refractivity contribution in [2.24, 2.45) is 0 Å². The number of ether oxygens (including phenoxy) is 1. The van der Waals surface area contributed by atoms with Crippen LogP contribution in [0.4, 0.5) is 0 Å². The predicted molar refractivity (Wildman–Crippen MR) is 116 cm³/mol. The van der Waals surface area contributed by atoms with Crippen LogP contribution in [0.5, 0.6) is 5.75 Å². The molecule has 1 aromatic carbocycles. The summed E-state index contributed by atoms with van der Waals surface area (Å²) >= 11 is 0. The number of nitrogens with zero attached hydrogens (tertiary/aromatic N) is 3. The van der Waals surface area contributed by atoms with Gasteiger partial charge >= 0.3 is 0 Å². The number of benzene rings is 1. The van der Waals surface area contributed by atoms with Crippen molar-refractivity contribution in [3.05, 3.63) is 29.8 Å². The maximum absolute atomic E-state index is 12.7. The number of methoxy groups -OCH3 is 1. The fourth-order valence-corrected chi connectivity index (χ4v) is 3.71. The van der Waals surface area contributed by atoms with Gasteiger partial charge in [0.1, 0.15) is 5.75 Å². The predicted octanol–water partition coefficient (Wildman–Crippen LogP) is 2.80. The lowest BCUT2D eigenvalue weighted by Crippen LogP contribution is -2.50. The molecule has 0 bridgehead atoms. The highest BCUT2D eigenvalue weighted by molar-refractivity contribution is 5.94. The average molecular weight is 418 g/mol. The van der Waals surface area contributed by atoms with Gasteiger partial charge in [0, 0.05) is 57.7 Å². The first-order valence-electron chi connectivity index (χ1n) is 11.0. The fraction of sp³-hybridized carbons (Fsp3) is 0.609. The minimum atomic E-state index is -0.0430. The Morgan fingerprint density at radius 1 is 0.967 bits per heavy atom. The van der Waals surface area contributed by atoms with Crippen LogP contribution in [0.1, 0.15) is 56.3 Å². The summed E-state index contributed by atoms with van der Waals surface area (Å²) < 4.78 is 5.19. The third-order valence-corrected chi connectivity index (χ3v) is 5.36. The summed E-state index contributed by atoms with van der Waals surface area (Å²) in [6, 6.07) is 7.12. The van der Waals surface area contributed by atoms with Gasteiger partial charge in [-0.1, -0.05) is 19.9 Å². The molecule has 1 aromatic rings. The highest BCUT2D eigenvalue weighted by Gasteiger charge is 2.25. The van der Waals surface area contributed by atoms with Crippen molar-refractivity contribution in [1.82, 2.24) is 14.7 Å². The van der Waals surface area contributed by atoms with Gasteiger partial charge < -0.3 is 19.4 Å². The number of carbonyl (C=O) groups is 3. The van der Waals surface area contributed by atoms with Crippen molar-refractivity contribution < 1.29 is 19.1 Å². The standard InChI is InChI=1S/C23H35N3O4/c1-4-12-24(13-5-2)21(27)10-7-11-22(28)25-14-16-26(17-15-25)23(29)19-8-6-9-20(18-19)30-3/h6,8-9,18H,4-5,7,10-17H2,1-3H3. The largest absolute Gasteiger partial charge is 0.497 e. The average Bonchev–Trinajstić information content (AvgIpc) is 2.78. The molecule has 0 N–H and O–H groups in total. The van der Waals surface area contributed by atoms with Gasteiger partial charge in [0.05, 0.1) is 7.11 Å². The highest BCUT2D eigenvalue weighted by Crippen LogP contribution is 2.16. The molecule has 0 aromatic heterocycles. The van der Waals surface area contributed by atoms with Crippen LogP contribution in [0.15, 0.2) is 24.3 Å². The molecule has 0 saturated carbocycles. The molecular weight excluding hydrogens is 382 g/mol. The summed E-state index contributed by atoms with van der Waals surface area (Å²) in [6.45, 7) is 7.79. The Morgan fingerprint density at radius 2 is 1.60 bits per heavy atom. The minimum absolute atomic E-state index is 0.0430. The molecule has 1 fully saturated rings. The van der Waals surface area contributed by atoms with Crippen molar-refractivity contribution in [3.63, 3.8) is 0 Å². The van der Waals surface area contributed by atoms with Crippen LogP contribution in [0.2, 0.25) is 0 Å². The highest BCUT2D eigenvalue weighted by atomic mass is 16.5. The van der Waals surface area contributed by atoms with Gasteiger partial charge in [0.25, 0.3) is 5.91 Å². The van der Waals surface area contributed by atoms with Gasteiger partial charge in [0.15, 0.2) is 0 Å². The van der Waals surface area contributed by atoms with E-state index >= 15 is 0 Å². The van der Waals surface area contributed by atoms with Crippen LogP contribution >= 0.6 is 0 Å². The molecule has 3 amide bonds. The van der Waals surface area contributed by atoms with Crippen molar-refractivity contribution in [3.8, 4) is 5.75 Å². The lowest BCUT2D eigenvalue weighted by Gasteiger charge is -2.35. The van der Waals surface area contributed by atoms with E-state index in [0.29, 0.717) is 56.8 Å². The quantitative estimate of drug-likeness (QED) is 0.587. The van der Waals surface area contributed by atoms with Gasteiger partial charge in [-0.25, -0.2) is 0 Å². The van der Waals surface area contributed by atoms with E-state index in [0.717, 1.165) is 25.9 Å². The maximum atomic E-state index is 12.7. The third-order valence-electron chi connectivity index (χ3n) is 5.36. The lowest BCUT2D eigenvalue weighted by molar-refractivity contribution is -0.133. The van der Waals surface area contributed by atoms with Gasteiger partial charge in [-0.2, -0.15) is 0 Å². The van der Waals surface area contributed by atoms with E-state index < -0.39 is 0 Å². The van der Waals surface area contributed by atoms with E-state index in [9.17, 15) is 14.4 Å². The van der Waals surface area contributed by atoms with Crippen molar-refractivity contribution in [2.45, 2.75) is 46.0 Å². The number of piperazine rings is 1. The van der Waals surface area contributed by atoms with Gasteiger partial charge in [-0.3, -0.25) is 14.4 Å². The van der Waals surface area contributed by atoms with E-state index in [2.05, 4.69) is 13.8 Å². The van der Waals surface area contributed by atoms with E-state index in [1.54, 1.807) is 35.1 Å². The molecule has 1 aliphatic heterocycles. The zero-order valence-corrected chi connectivity index (χ0v) is 18.6. The molecule has 0 unspecified atom stereocenters. The number of hydrogen-bond acceptors (Lipinski definition) is 4. The first kappa shape index (κ1) is 23.7. The van der Waals surface area contributed by atoms with Crippen LogP contribution in [0, 0.1) is 0 Å². The first-order valence-corrected chi connectivity index (χ1v) is 11.0. The molecule has 30 heavy (non-hydrogen) atoms. The zero-order valence-electron chi connectivity index (χ0n) is 18.6. The molecule has 0 aliphatic carbocycles. The Bertz CT molecular complexity index is 708. The van der Waals surface area contributed by atoms with Gasteiger partial charge in [0.2, 0.25) is 11.8 Å². The molecule has 0 atom stereocenters. The van der Waals surface area contributed by atoms with Crippen molar-refractivity contribution in [1.29, 1.82) is 0 Å². The van der Waals surface area contributed by atoms with Crippen molar-refractivity contribution >= 4 is 17.7 Å². The SMILES string of the molecule is CCCN(CCC)C(=O)CCCC(=O)N1CCN(C(=O)c2cccc(OC)c2)CC1. The molecule has 166 valence electrons. The second kappa shape index (κ2) is 12.2. The molecule has 2 rings (SSSR count). The van der Waals surface area contributed by atoms with Crippen molar-refractivity contribution in [2.75, 3.05) is 46.4 Å². The van der Waals surface area contributed by atoms with E-state index in [4.69, 9.17) is 4.74 Å². The Kier molecular flexibility index (Phi) is 9.64. The molecule has 1 saturated heterocycles. The number of amides is 3. The molecule has 7 nitrogen and oxygen atoms in total. The lowest BCUT2D eigenvalue weighted by atomic mass is 10.1. The molecular formula is C23H35N3O4. The maximum Gasteiger partial charge on any atom is 0.254 e. The Hall–Kier alpha value is -2.57. The normalized spacial score (nSPS) is 13.8. The smallest absolute Gasteiger partial charge is 0.254 e. The minimum Gasteiger partial charge on any atom is -0.497 e. The molecule has 0 spiro atoms. The molecule has 0 radical (unpaired) electrons. The summed E-state index contributed by atoms with van der Waals surface area (Å²) in [4.78, 5) is 43.0. The fourth-order valence-electron chi connectivity index (χ4n) is 3.71. The Balaban J connectivity index is 1.75. The monoisotopic (exact) mass is 417 g/mol. The summed E-state index contributed by atoms with van der Waals surface area (Å²) in [6.07, 6.45) is 3.26. The Morgan fingerprint density at radius 3 is 2.20 bits per heavy atom. The zero-order chi connectivity index (χ0) is 21.9. The number of carbonyl (C=O) groups excluding carboxylic acids is 3. The number of hydrogen-bond donors (Lipinski definition) is 0. The van der Waals surface area contributed by atoms with E-state index in [1.165, 1.54) is 0 Å². The van der Waals surface area contributed by atoms with Crippen LogP contribution in [-0.4, -0.2) is 78.8 Å². The van der Waals surface area contributed by atoms with E-state index in [1.807, 2.05) is 11.0 Å². The molecule has 1 aliphatic rings. The van der Waals surface area contributed by atoms with E-state index in [-0.39, 0.29) is 17.7 Å². The summed E-state index contributed by atoms with van der Waals surface area (Å²) in [5, 5.41) is 0. The first-order chi connectivity index (χ1) is 14.5. The summed E-state index contributed by atoms with van der Waals surface area (Å²) in [7, 11) is 1.58. The Labute approximate surface area is 180 Å². The summed E-state index contributed by atoms with van der Waals surface area (Å²) in [5.74, 6) is 0.813. The second-order valence-corrected chi connectivity index (χ2v) is 7.64. The van der Waals surface area contributed by atoms with Gasteiger partial charge in [-0.15, -0.1) is 0 Å². The third kappa shape index (κ3) is 6.75. The van der Waals surface area contributed by atoms with Gasteiger partial charge in [-0.05, 0) is 37.5 Å². The van der Waals surface area contributed by atoms with Crippen LogP contribution in [0.3, 0.4) is 0 Å². The van der Waals surface area contributed by atoms with Crippen LogP contribution in [0.25, 0.3) is 0 Å². The number of rotatable bonds is 10. The second-order valence-electron chi connectivity index (χ2n) is 7.64. The van der Waals surface area contributed by atoms with Crippen LogP contribution in [-0.2, 0) is 9.59 Å². The summed E-state index contributed by atoms with van der Waals surface area (Å²) in [5.41, 5.74) is 0.594.